The van der Waals surface area contributed by atoms with Crippen LogP contribution in [0.4, 0.5) is 7.25 Å². The molecule has 0 spiro atoms. The summed E-state index contributed by atoms with van der Waals surface area (Å²) in [6, 6.07) is 7.37. The van der Waals surface area contributed by atoms with Crippen molar-refractivity contribution < 1.29 is 7.25 Å². The van der Waals surface area contributed by atoms with Crippen LogP contribution in [0.2, 0.25) is 0 Å². The third kappa shape index (κ3) is 8.86. The summed E-state index contributed by atoms with van der Waals surface area (Å²) in [5.41, 5.74) is 1.11. The average Bonchev–Trinajstić information content (AvgIpc) is 2.50. The molecule has 0 aromatic heterocycles. The number of allylic oxidation sites excluding steroid dienone is 1. The molecule has 0 aliphatic heterocycles. The summed E-state index contributed by atoms with van der Waals surface area (Å²) in [7, 11) is 0. The van der Waals surface area contributed by atoms with Gasteiger partial charge >= 0.3 is 143 Å². The van der Waals surface area contributed by atoms with Gasteiger partial charge in [-0.3, -0.25) is 0 Å². The first-order chi connectivity index (χ1) is 10.6. The number of hydrogen-bond donors (Lipinski definition) is 0. The molecule has 0 nitrogen and oxygen atoms in total. The number of unbranched alkanes of at least 4 members (excludes halogenated alkanes) is 7. The van der Waals surface area contributed by atoms with Gasteiger partial charge in [-0.2, -0.15) is 0 Å². The van der Waals surface area contributed by atoms with Crippen molar-refractivity contribution in [2.45, 2.75) is 71.6 Å². The summed E-state index contributed by atoms with van der Waals surface area (Å²) in [5.74, 6) is -0.251. The van der Waals surface area contributed by atoms with E-state index in [4.69, 9.17) is 0 Å². The van der Waals surface area contributed by atoms with Gasteiger partial charge in [-0.05, 0) is 0 Å². The fraction of sp³-hybridized carbons (Fsp3) is 0.579. The van der Waals surface area contributed by atoms with E-state index in [2.05, 4.69) is 6.92 Å². The topological polar surface area (TPSA) is 0 Å². The SMILES string of the molecule is CCCCCCCCCC/C(F)=C\I(F)c1ccc(C)cc1. The number of rotatable bonds is 11. The second-order valence-corrected chi connectivity index (χ2v) is 9.21. The zero-order valence-electron chi connectivity index (χ0n) is 13.9. The predicted molar refractivity (Wildman–Crippen MR) is 101 cm³/mol. The molecule has 0 aliphatic carbocycles. The Hall–Kier alpha value is -0.450. The molecule has 0 aliphatic rings. The molecule has 0 saturated carbocycles. The van der Waals surface area contributed by atoms with Gasteiger partial charge < -0.3 is 0 Å². The van der Waals surface area contributed by atoms with Crippen LogP contribution in [-0.2, 0) is 0 Å². The first-order valence-corrected chi connectivity index (χ1v) is 11.5. The summed E-state index contributed by atoms with van der Waals surface area (Å²) in [6.45, 7) is 4.19. The molecular formula is C19H29F2I. The third-order valence-corrected chi connectivity index (χ3v) is 6.83. The molecule has 1 aromatic rings. The van der Waals surface area contributed by atoms with Crippen molar-refractivity contribution >= 4 is 20.4 Å². The number of halogens is 3. The van der Waals surface area contributed by atoms with Crippen LogP contribution in [0.1, 0.15) is 70.3 Å². The van der Waals surface area contributed by atoms with Crippen molar-refractivity contribution in [3.05, 3.63) is 43.3 Å². The van der Waals surface area contributed by atoms with E-state index in [9.17, 15) is 7.25 Å². The fourth-order valence-electron chi connectivity index (χ4n) is 2.30. The van der Waals surface area contributed by atoms with Crippen LogP contribution >= 0.6 is 20.4 Å². The van der Waals surface area contributed by atoms with Gasteiger partial charge in [-0.1, -0.05) is 0 Å². The van der Waals surface area contributed by atoms with Gasteiger partial charge in [0.25, 0.3) is 0 Å². The first kappa shape index (κ1) is 19.6. The van der Waals surface area contributed by atoms with E-state index < -0.39 is 20.4 Å². The molecular weight excluding hydrogens is 393 g/mol. The minimum absolute atomic E-state index is 0.251. The minimum atomic E-state index is -2.94. The number of aryl methyl sites for hydroxylation is 1. The Kier molecular flexibility index (Phi) is 10.7. The van der Waals surface area contributed by atoms with Crippen LogP contribution in [0.5, 0.6) is 0 Å². The van der Waals surface area contributed by atoms with E-state index in [1.807, 2.05) is 19.1 Å². The summed E-state index contributed by atoms with van der Waals surface area (Å²) >= 11 is -2.94. The predicted octanol–water partition coefficient (Wildman–Crippen LogP) is 7.90. The van der Waals surface area contributed by atoms with Gasteiger partial charge in [0.05, 0.1) is 0 Å². The summed E-state index contributed by atoms with van der Waals surface area (Å²) < 4.78 is 29.8. The van der Waals surface area contributed by atoms with Crippen molar-refractivity contribution in [1.82, 2.24) is 0 Å². The Morgan fingerprint density at radius 1 is 0.955 bits per heavy atom. The van der Waals surface area contributed by atoms with Crippen molar-refractivity contribution in [2.75, 3.05) is 0 Å². The van der Waals surface area contributed by atoms with E-state index in [1.165, 1.54) is 42.6 Å². The quantitative estimate of drug-likeness (QED) is 0.251. The Morgan fingerprint density at radius 2 is 1.50 bits per heavy atom. The molecule has 0 heterocycles. The molecule has 1 aromatic carbocycles. The summed E-state index contributed by atoms with van der Waals surface area (Å²) in [6.07, 6.45) is 9.91. The van der Waals surface area contributed by atoms with Gasteiger partial charge in [0.1, 0.15) is 0 Å². The molecule has 0 bridgehead atoms. The van der Waals surface area contributed by atoms with Crippen molar-refractivity contribution in [3.8, 4) is 0 Å². The average molecular weight is 422 g/mol. The van der Waals surface area contributed by atoms with E-state index in [1.54, 1.807) is 12.1 Å². The second-order valence-electron chi connectivity index (χ2n) is 5.84. The molecule has 0 radical (unpaired) electrons. The monoisotopic (exact) mass is 422 g/mol. The van der Waals surface area contributed by atoms with Crippen molar-refractivity contribution in [3.63, 3.8) is 0 Å². The van der Waals surface area contributed by atoms with Crippen LogP contribution in [0, 0.1) is 10.5 Å². The number of hydrogen-bond acceptors (Lipinski definition) is 0. The molecule has 126 valence electrons. The zero-order chi connectivity index (χ0) is 16.2. The van der Waals surface area contributed by atoms with E-state index in [0.717, 1.165) is 18.4 Å². The van der Waals surface area contributed by atoms with Crippen LogP contribution < -0.4 is 0 Å². The molecule has 22 heavy (non-hydrogen) atoms. The molecule has 1 rings (SSSR count). The first-order valence-electron chi connectivity index (χ1n) is 8.41. The fourth-order valence-corrected chi connectivity index (χ4v) is 4.61. The molecule has 0 atom stereocenters. The van der Waals surface area contributed by atoms with Crippen LogP contribution in [-0.4, -0.2) is 0 Å². The maximum absolute atomic E-state index is 14.1. The maximum atomic E-state index is 14.1. The van der Waals surface area contributed by atoms with E-state index in [-0.39, 0.29) is 5.83 Å². The molecule has 0 N–H and O–H groups in total. The Balaban J connectivity index is 2.18. The molecule has 0 amide bonds. The molecule has 0 fully saturated rings. The van der Waals surface area contributed by atoms with Crippen LogP contribution in [0.25, 0.3) is 0 Å². The third-order valence-electron chi connectivity index (χ3n) is 3.70. The second kappa shape index (κ2) is 12.0. The Bertz CT molecular complexity index is 426. The van der Waals surface area contributed by atoms with Gasteiger partial charge in [-0.25, -0.2) is 0 Å². The normalized spacial score (nSPS) is 12.5. The Labute approximate surface area is 142 Å². The van der Waals surface area contributed by atoms with Crippen molar-refractivity contribution in [2.24, 2.45) is 0 Å². The summed E-state index contributed by atoms with van der Waals surface area (Å²) in [5, 5.41) is 0. The van der Waals surface area contributed by atoms with Gasteiger partial charge in [0.15, 0.2) is 0 Å². The molecule has 0 unspecified atom stereocenters. The summed E-state index contributed by atoms with van der Waals surface area (Å²) in [4.78, 5) is 0. The standard InChI is InChI=1S/C19H29F2I/c1-3-4-5-6-7-8-9-10-11-18(20)16-22(21)19-14-12-17(2)13-15-19/h12-16H,3-11H2,1-2H3/b18-16+. The van der Waals surface area contributed by atoms with Crippen LogP contribution in [0.3, 0.4) is 0 Å². The Morgan fingerprint density at radius 3 is 2.09 bits per heavy atom. The van der Waals surface area contributed by atoms with Gasteiger partial charge in [0, 0.05) is 0 Å². The van der Waals surface area contributed by atoms with Gasteiger partial charge in [0.2, 0.25) is 0 Å². The van der Waals surface area contributed by atoms with E-state index >= 15 is 0 Å². The molecule has 3 heteroatoms. The van der Waals surface area contributed by atoms with E-state index in [0.29, 0.717) is 9.99 Å². The number of benzene rings is 1. The zero-order valence-corrected chi connectivity index (χ0v) is 16.0. The molecule has 0 saturated heterocycles. The van der Waals surface area contributed by atoms with Gasteiger partial charge in [-0.15, -0.1) is 0 Å². The van der Waals surface area contributed by atoms with Crippen LogP contribution in [0.15, 0.2) is 34.2 Å². The van der Waals surface area contributed by atoms with Crippen molar-refractivity contribution in [1.29, 1.82) is 0 Å².